The van der Waals surface area contributed by atoms with Crippen LogP contribution in [0.5, 0.6) is 11.5 Å². The van der Waals surface area contributed by atoms with E-state index < -0.39 is 8.07 Å². The average molecular weight is 454 g/mol. The van der Waals surface area contributed by atoms with E-state index in [2.05, 4.69) is 82.8 Å². The third-order valence-electron chi connectivity index (χ3n) is 5.24. The van der Waals surface area contributed by atoms with E-state index in [4.69, 9.17) is 9.47 Å². The summed E-state index contributed by atoms with van der Waals surface area (Å²) in [6, 6.07) is 4.05. The molecule has 0 unspecified atom stereocenters. The van der Waals surface area contributed by atoms with Crippen LogP contribution >= 0.6 is 15.9 Å². The monoisotopic (exact) mass is 452 g/mol. The van der Waals surface area contributed by atoms with Gasteiger partial charge < -0.3 is 9.47 Å². The fourth-order valence-electron chi connectivity index (χ4n) is 3.90. The molecule has 0 aliphatic rings. The molecule has 0 saturated heterocycles. The molecular formula is C23H37BrO2Si. The molecule has 0 atom stereocenters. The second-order valence-electron chi connectivity index (χ2n) is 8.12. The van der Waals surface area contributed by atoms with Gasteiger partial charge >= 0.3 is 0 Å². The molecule has 1 aromatic carbocycles. The lowest BCUT2D eigenvalue weighted by Gasteiger charge is -2.38. The van der Waals surface area contributed by atoms with Crippen molar-refractivity contribution in [3.05, 3.63) is 22.2 Å². The summed E-state index contributed by atoms with van der Waals surface area (Å²) in [5, 5.41) is 0. The lowest BCUT2D eigenvalue weighted by Crippen LogP contribution is -2.43. The minimum absolute atomic E-state index is 0.608. The van der Waals surface area contributed by atoms with Crippen molar-refractivity contribution in [2.24, 2.45) is 0 Å². The number of benzene rings is 1. The summed E-state index contributed by atoms with van der Waals surface area (Å²) in [7, 11) is -1.79. The Labute approximate surface area is 176 Å². The lowest BCUT2D eigenvalue weighted by molar-refractivity contribution is 0.306. The maximum atomic E-state index is 6.00. The van der Waals surface area contributed by atoms with Gasteiger partial charge in [0.1, 0.15) is 19.6 Å². The lowest BCUT2D eigenvalue weighted by atomic mass is 10.2. The van der Waals surface area contributed by atoms with Crippen LogP contribution in [0.2, 0.25) is 16.6 Å². The fourth-order valence-corrected chi connectivity index (χ4v) is 9.55. The molecule has 0 amide bonds. The van der Waals surface area contributed by atoms with E-state index >= 15 is 0 Å². The van der Waals surface area contributed by atoms with E-state index in [9.17, 15) is 0 Å². The second-order valence-corrected chi connectivity index (χ2v) is 14.6. The van der Waals surface area contributed by atoms with E-state index in [-0.39, 0.29) is 0 Å². The highest BCUT2D eigenvalue weighted by molar-refractivity contribution is 9.10. The molecule has 0 aliphatic carbocycles. The van der Waals surface area contributed by atoms with Crippen molar-refractivity contribution >= 4 is 24.0 Å². The highest BCUT2D eigenvalue weighted by atomic mass is 79.9. The largest absolute Gasteiger partial charge is 0.492 e. The summed E-state index contributed by atoms with van der Waals surface area (Å²) >= 11 is 3.62. The molecule has 0 bridgehead atoms. The van der Waals surface area contributed by atoms with Gasteiger partial charge in [-0.1, -0.05) is 61.3 Å². The van der Waals surface area contributed by atoms with Gasteiger partial charge in [0.25, 0.3) is 0 Å². The van der Waals surface area contributed by atoms with E-state index in [1.54, 1.807) is 0 Å². The molecule has 152 valence electrons. The summed E-state index contributed by atoms with van der Waals surface area (Å²) in [6.45, 7) is 19.7. The average Bonchev–Trinajstić information content (AvgIpc) is 2.59. The summed E-state index contributed by atoms with van der Waals surface area (Å²) in [5.41, 5.74) is 6.57. The van der Waals surface area contributed by atoms with E-state index in [1.807, 2.05) is 12.1 Å². The third-order valence-corrected chi connectivity index (χ3v) is 12.1. The van der Waals surface area contributed by atoms with Gasteiger partial charge in [0.2, 0.25) is 0 Å². The summed E-state index contributed by atoms with van der Waals surface area (Å²) in [5.74, 6) is 5.23. The number of ether oxygens (including phenoxy) is 2. The topological polar surface area (TPSA) is 18.5 Å². The Bertz CT molecular complexity index is 635. The zero-order valence-corrected chi connectivity index (χ0v) is 21.0. The van der Waals surface area contributed by atoms with Crippen molar-refractivity contribution in [3.63, 3.8) is 0 Å². The molecule has 0 N–H and O–H groups in total. The third kappa shape index (κ3) is 6.03. The SMILES string of the molecule is CCCOc1cc(C#C[Si](C(C)C)(C(C)C)C(C)C)c(OCCC)cc1Br. The first-order valence-electron chi connectivity index (χ1n) is 10.3. The Morgan fingerprint density at radius 1 is 0.852 bits per heavy atom. The maximum Gasteiger partial charge on any atom is 0.146 e. The smallest absolute Gasteiger partial charge is 0.146 e. The molecule has 1 aromatic rings. The van der Waals surface area contributed by atoms with Crippen LogP contribution in [0.1, 0.15) is 73.8 Å². The van der Waals surface area contributed by atoms with Crippen molar-refractivity contribution in [1.82, 2.24) is 0 Å². The molecule has 0 fully saturated rings. The molecule has 0 heterocycles. The first-order chi connectivity index (χ1) is 12.7. The van der Waals surface area contributed by atoms with Crippen LogP contribution in [0, 0.1) is 11.5 Å². The van der Waals surface area contributed by atoms with Gasteiger partial charge in [0.15, 0.2) is 0 Å². The van der Waals surface area contributed by atoms with Crippen LogP contribution in [0.15, 0.2) is 16.6 Å². The molecule has 0 aliphatic heterocycles. The van der Waals surface area contributed by atoms with E-state index in [0.717, 1.165) is 34.4 Å². The molecule has 4 heteroatoms. The van der Waals surface area contributed by atoms with Gasteiger partial charge in [0, 0.05) is 6.07 Å². The van der Waals surface area contributed by atoms with Gasteiger partial charge in [-0.05, 0) is 51.5 Å². The maximum absolute atomic E-state index is 6.00. The Balaban J connectivity index is 3.47. The summed E-state index contributed by atoms with van der Waals surface area (Å²) in [4.78, 5) is 0. The first-order valence-corrected chi connectivity index (χ1v) is 13.3. The van der Waals surface area contributed by atoms with Crippen LogP contribution in [-0.4, -0.2) is 21.3 Å². The highest BCUT2D eigenvalue weighted by Crippen LogP contribution is 2.41. The molecule has 27 heavy (non-hydrogen) atoms. The minimum Gasteiger partial charge on any atom is -0.492 e. The van der Waals surface area contributed by atoms with Gasteiger partial charge in [-0.25, -0.2) is 0 Å². The van der Waals surface area contributed by atoms with Crippen molar-refractivity contribution in [3.8, 4) is 23.0 Å². The Hall–Kier alpha value is -0.923. The standard InChI is InChI=1S/C23H37BrO2Si/c1-9-12-25-22-16-21(24)23(26-13-10-2)15-20(22)11-14-27(17(3)4,18(5)6)19(7)8/h15-19H,9-10,12-13H2,1-8H3. The van der Waals surface area contributed by atoms with Gasteiger partial charge in [-0.3, -0.25) is 0 Å². The van der Waals surface area contributed by atoms with Crippen LogP contribution in [0.4, 0.5) is 0 Å². The normalized spacial score (nSPS) is 11.7. The first kappa shape index (κ1) is 24.1. The van der Waals surface area contributed by atoms with Crippen LogP contribution in [0.25, 0.3) is 0 Å². The summed E-state index contributed by atoms with van der Waals surface area (Å²) < 4.78 is 12.8. The van der Waals surface area contributed by atoms with Crippen LogP contribution in [0.3, 0.4) is 0 Å². The van der Waals surface area contributed by atoms with Gasteiger partial charge in [-0.15, -0.1) is 5.54 Å². The minimum atomic E-state index is -1.79. The molecule has 0 radical (unpaired) electrons. The molecule has 0 aromatic heterocycles. The predicted molar refractivity (Wildman–Crippen MR) is 124 cm³/mol. The van der Waals surface area contributed by atoms with Crippen molar-refractivity contribution in [2.45, 2.75) is 84.9 Å². The van der Waals surface area contributed by atoms with Crippen LogP contribution in [-0.2, 0) is 0 Å². The number of hydrogen-bond donors (Lipinski definition) is 0. The molecule has 0 saturated carbocycles. The Morgan fingerprint density at radius 2 is 1.33 bits per heavy atom. The molecule has 0 spiro atoms. The van der Waals surface area contributed by atoms with E-state index in [1.165, 1.54) is 0 Å². The molecule has 1 rings (SSSR count). The number of rotatable bonds is 9. The van der Waals surface area contributed by atoms with Crippen LogP contribution < -0.4 is 9.47 Å². The Morgan fingerprint density at radius 3 is 1.78 bits per heavy atom. The fraction of sp³-hybridized carbons (Fsp3) is 0.652. The predicted octanol–water partition coefficient (Wildman–Crippen LogP) is 7.60. The van der Waals surface area contributed by atoms with E-state index in [0.29, 0.717) is 29.8 Å². The summed E-state index contributed by atoms with van der Waals surface area (Å²) in [6.07, 6.45) is 1.95. The van der Waals surface area contributed by atoms with Crippen molar-refractivity contribution in [1.29, 1.82) is 0 Å². The zero-order chi connectivity index (χ0) is 20.6. The number of hydrogen-bond acceptors (Lipinski definition) is 2. The highest BCUT2D eigenvalue weighted by Gasteiger charge is 2.41. The molecular weight excluding hydrogens is 416 g/mol. The number of halogens is 1. The van der Waals surface area contributed by atoms with Gasteiger partial charge in [-0.2, -0.15) is 0 Å². The van der Waals surface area contributed by atoms with Crippen molar-refractivity contribution in [2.75, 3.05) is 13.2 Å². The quantitative estimate of drug-likeness (QED) is 0.283. The second kappa shape index (κ2) is 11.2. The zero-order valence-electron chi connectivity index (χ0n) is 18.4. The van der Waals surface area contributed by atoms with Crippen molar-refractivity contribution < 1.29 is 9.47 Å². The molecule has 2 nitrogen and oxygen atoms in total. The van der Waals surface area contributed by atoms with Gasteiger partial charge in [0.05, 0.1) is 23.2 Å². The Kier molecular flexibility index (Phi) is 9.98.